The molecule has 1 aliphatic rings. The van der Waals surface area contributed by atoms with Crippen LogP contribution >= 0.6 is 11.6 Å². The molecule has 0 bridgehead atoms. The third-order valence-corrected chi connectivity index (χ3v) is 4.92. The molecule has 3 aromatic rings. The lowest BCUT2D eigenvalue weighted by atomic mass is 10.1. The van der Waals surface area contributed by atoms with Crippen LogP contribution in [0.1, 0.15) is 21.5 Å². The Labute approximate surface area is 179 Å². The van der Waals surface area contributed by atoms with E-state index in [-0.39, 0.29) is 19.2 Å². The number of carbonyl (C=O) groups excluding carboxylic acids is 1. The number of ketones is 1. The van der Waals surface area contributed by atoms with E-state index in [1.165, 1.54) is 6.08 Å². The van der Waals surface area contributed by atoms with E-state index in [0.717, 1.165) is 11.1 Å². The van der Waals surface area contributed by atoms with Crippen molar-refractivity contribution in [3.8, 4) is 23.0 Å². The third kappa shape index (κ3) is 4.42. The fourth-order valence-electron chi connectivity index (χ4n) is 3.05. The Morgan fingerprint density at radius 3 is 2.70 bits per heavy atom. The number of benzene rings is 3. The average molecular weight is 423 g/mol. The molecule has 3 aromatic carbocycles. The minimum Gasteiger partial charge on any atom is -0.496 e. The van der Waals surface area contributed by atoms with Crippen molar-refractivity contribution in [3.05, 3.63) is 88.5 Å². The number of fused-ring (bicyclic) bond motifs is 1. The second-order valence-electron chi connectivity index (χ2n) is 6.56. The van der Waals surface area contributed by atoms with Gasteiger partial charge in [0, 0.05) is 11.1 Å². The zero-order valence-electron chi connectivity index (χ0n) is 16.3. The van der Waals surface area contributed by atoms with Gasteiger partial charge in [0.25, 0.3) is 0 Å². The second kappa shape index (κ2) is 8.93. The monoisotopic (exact) mass is 422 g/mol. The van der Waals surface area contributed by atoms with Crippen molar-refractivity contribution in [2.45, 2.75) is 6.61 Å². The highest BCUT2D eigenvalue weighted by Crippen LogP contribution is 2.33. The lowest BCUT2D eigenvalue weighted by molar-refractivity contribution is 0.104. The maximum absolute atomic E-state index is 12.5. The van der Waals surface area contributed by atoms with Crippen LogP contribution in [0.4, 0.5) is 0 Å². The van der Waals surface area contributed by atoms with Crippen molar-refractivity contribution < 1.29 is 23.7 Å². The van der Waals surface area contributed by atoms with Crippen LogP contribution in [-0.4, -0.2) is 19.7 Å². The van der Waals surface area contributed by atoms with Gasteiger partial charge >= 0.3 is 0 Å². The van der Waals surface area contributed by atoms with Crippen LogP contribution in [0.3, 0.4) is 0 Å². The largest absolute Gasteiger partial charge is 0.496 e. The summed E-state index contributed by atoms with van der Waals surface area (Å²) >= 11 is 6.15. The molecule has 5 nitrogen and oxygen atoms in total. The lowest BCUT2D eigenvalue weighted by Gasteiger charge is -2.12. The van der Waals surface area contributed by atoms with Crippen LogP contribution < -0.4 is 18.9 Å². The van der Waals surface area contributed by atoms with Gasteiger partial charge in [-0.05, 0) is 54.1 Å². The maximum Gasteiger partial charge on any atom is 0.231 e. The number of halogens is 1. The van der Waals surface area contributed by atoms with Gasteiger partial charge in [0.1, 0.15) is 18.1 Å². The first kappa shape index (κ1) is 19.9. The maximum atomic E-state index is 12.5. The van der Waals surface area contributed by atoms with Crippen molar-refractivity contribution in [1.82, 2.24) is 0 Å². The van der Waals surface area contributed by atoms with Gasteiger partial charge in [-0.25, -0.2) is 0 Å². The van der Waals surface area contributed by atoms with E-state index in [1.807, 2.05) is 36.4 Å². The summed E-state index contributed by atoms with van der Waals surface area (Å²) in [6.45, 7) is 0.457. The number of hydrogen-bond acceptors (Lipinski definition) is 5. The van der Waals surface area contributed by atoms with Gasteiger partial charge in [0.05, 0.1) is 12.1 Å². The zero-order valence-corrected chi connectivity index (χ0v) is 17.0. The highest BCUT2D eigenvalue weighted by molar-refractivity contribution is 6.32. The van der Waals surface area contributed by atoms with E-state index in [9.17, 15) is 4.79 Å². The average Bonchev–Trinajstić information content (AvgIpc) is 3.25. The second-order valence-corrected chi connectivity index (χ2v) is 6.96. The summed E-state index contributed by atoms with van der Waals surface area (Å²) in [5.41, 5.74) is 2.23. The molecule has 152 valence electrons. The van der Waals surface area contributed by atoms with Crippen LogP contribution in [0.2, 0.25) is 5.02 Å². The quantitative estimate of drug-likeness (QED) is 0.369. The molecule has 0 spiro atoms. The Balaban J connectivity index is 1.49. The molecule has 0 saturated carbocycles. The number of para-hydroxylation sites is 1. The highest BCUT2D eigenvalue weighted by Gasteiger charge is 2.15. The van der Waals surface area contributed by atoms with E-state index in [4.69, 9.17) is 30.5 Å². The topological polar surface area (TPSA) is 54.0 Å². The smallest absolute Gasteiger partial charge is 0.231 e. The summed E-state index contributed by atoms with van der Waals surface area (Å²) in [5.74, 6) is 2.39. The Morgan fingerprint density at radius 2 is 1.87 bits per heavy atom. The van der Waals surface area contributed by atoms with E-state index in [0.29, 0.717) is 33.6 Å². The molecule has 0 radical (unpaired) electrons. The first-order valence-corrected chi connectivity index (χ1v) is 9.68. The van der Waals surface area contributed by atoms with E-state index >= 15 is 0 Å². The lowest BCUT2D eigenvalue weighted by Crippen LogP contribution is -2.00. The first-order chi connectivity index (χ1) is 14.6. The minimum atomic E-state index is -0.127. The molecule has 6 heteroatoms. The predicted molar refractivity (Wildman–Crippen MR) is 115 cm³/mol. The molecule has 1 aliphatic heterocycles. The summed E-state index contributed by atoms with van der Waals surface area (Å²) in [5, 5.41) is 0.543. The Morgan fingerprint density at radius 1 is 1.03 bits per heavy atom. The SMILES string of the molecule is COc1ccc(/C=C/C(=O)c2ccc3c(c2)OCO3)cc1COc1ccccc1Cl. The van der Waals surface area contributed by atoms with E-state index < -0.39 is 0 Å². The van der Waals surface area contributed by atoms with Crippen molar-refractivity contribution in [2.75, 3.05) is 13.9 Å². The molecule has 1 heterocycles. The van der Waals surface area contributed by atoms with Gasteiger partial charge in [-0.3, -0.25) is 4.79 Å². The molecule has 0 aliphatic carbocycles. The molecule has 0 unspecified atom stereocenters. The number of hydrogen-bond donors (Lipinski definition) is 0. The predicted octanol–water partition coefficient (Wildman–Crippen LogP) is 5.55. The molecule has 0 fully saturated rings. The van der Waals surface area contributed by atoms with Crippen molar-refractivity contribution in [3.63, 3.8) is 0 Å². The number of allylic oxidation sites excluding steroid dienone is 1. The summed E-state index contributed by atoms with van der Waals surface area (Å²) in [6, 6.07) is 18.1. The molecule has 4 rings (SSSR count). The van der Waals surface area contributed by atoms with Crippen LogP contribution in [-0.2, 0) is 6.61 Å². The first-order valence-electron chi connectivity index (χ1n) is 9.30. The highest BCUT2D eigenvalue weighted by atomic mass is 35.5. The number of carbonyl (C=O) groups is 1. The minimum absolute atomic E-state index is 0.127. The van der Waals surface area contributed by atoms with Crippen molar-refractivity contribution in [2.24, 2.45) is 0 Å². The van der Waals surface area contributed by atoms with Gasteiger partial charge in [-0.15, -0.1) is 0 Å². The van der Waals surface area contributed by atoms with Crippen LogP contribution in [0.5, 0.6) is 23.0 Å². The van der Waals surface area contributed by atoms with E-state index in [2.05, 4.69) is 0 Å². The zero-order chi connectivity index (χ0) is 20.9. The Bertz CT molecular complexity index is 1110. The summed E-state index contributed by atoms with van der Waals surface area (Å²) in [7, 11) is 1.60. The normalized spacial score (nSPS) is 12.2. The van der Waals surface area contributed by atoms with Gasteiger partial charge in [-0.2, -0.15) is 0 Å². The number of ether oxygens (including phenoxy) is 4. The fraction of sp³-hybridized carbons (Fsp3) is 0.125. The number of rotatable bonds is 7. The summed E-state index contributed by atoms with van der Waals surface area (Å²) in [6.07, 6.45) is 3.28. The molecule has 0 N–H and O–H groups in total. The van der Waals surface area contributed by atoms with Crippen LogP contribution in [0.15, 0.2) is 66.7 Å². The molecular weight excluding hydrogens is 404 g/mol. The van der Waals surface area contributed by atoms with Gasteiger partial charge in [-0.1, -0.05) is 35.9 Å². The van der Waals surface area contributed by atoms with Gasteiger partial charge in [0.2, 0.25) is 6.79 Å². The standard InChI is InChI=1S/C24H19ClO5/c1-27-21-10-7-16(12-18(21)14-28-22-5-3-2-4-19(22)25)6-9-20(26)17-8-11-23-24(13-17)30-15-29-23/h2-13H,14-15H2,1H3/b9-6+. The molecule has 0 aromatic heterocycles. The van der Waals surface area contributed by atoms with Crippen molar-refractivity contribution in [1.29, 1.82) is 0 Å². The van der Waals surface area contributed by atoms with E-state index in [1.54, 1.807) is 37.5 Å². The molecule has 0 saturated heterocycles. The molecular formula is C24H19ClO5. The summed E-state index contributed by atoms with van der Waals surface area (Å²) < 4.78 is 21.9. The Hall–Kier alpha value is -3.44. The number of methoxy groups -OCH3 is 1. The van der Waals surface area contributed by atoms with Crippen molar-refractivity contribution >= 4 is 23.5 Å². The molecule has 0 atom stereocenters. The molecule has 30 heavy (non-hydrogen) atoms. The van der Waals surface area contributed by atoms with Gasteiger partial charge < -0.3 is 18.9 Å². The fourth-order valence-corrected chi connectivity index (χ4v) is 3.24. The third-order valence-electron chi connectivity index (χ3n) is 4.61. The summed E-state index contributed by atoms with van der Waals surface area (Å²) in [4.78, 5) is 12.5. The van der Waals surface area contributed by atoms with Crippen LogP contribution in [0.25, 0.3) is 6.08 Å². The van der Waals surface area contributed by atoms with Gasteiger partial charge in [0.15, 0.2) is 17.3 Å². The molecule has 0 amide bonds. The van der Waals surface area contributed by atoms with Crippen LogP contribution in [0, 0.1) is 0 Å². The Kier molecular flexibility index (Phi) is 5.91.